The molecule has 1 saturated carbocycles. The summed E-state index contributed by atoms with van der Waals surface area (Å²) in [7, 11) is 0. The lowest BCUT2D eigenvalue weighted by atomic mass is 9.68. The highest BCUT2D eigenvalue weighted by Gasteiger charge is 2.37. The van der Waals surface area contributed by atoms with Crippen molar-refractivity contribution in [2.75, 3.05) is 6.54 Å². The Morgan fingerprint density at radius 2 is 1.90 bits per heavy atom. The maximum Gasteiger partial charge on any atom is 0.150 e. The third-order valence-corrected chi connectivity index (χ3v) is 5.18. The SMILES string of the molecule is CCc1nc(CC)n(C2CC(C(C)(C)C)CCC2CN)n1. The molecular formula is C17H32N4. The molecule has 0 amide bonds. The minimum absolute atomic E-state index is 0.359. The summed E-state index contributed by atoms with van der Waals surface area (Å²) in [6, 6.07) is 0.427. The molecule has 1 fully saturated rings. The second-order valence-electron chi connectivity index (χ2n) is 7.54. The number of rotatable bonds is 4. The van der Waals surface area contributed by atoms with Crippen LogP contribution >= 0.6 is 0 Å². The fraction of sp³-hybridized carbons (Fsp3) is 0.882. The Morgan fingerprint density at radius 1 is 1.19 bits per heavy atom. The van der Waals surface area contributed by atoms with E-state index >= 15 is 0 Å². The minimum Gasteiger partial charge on any atom is -0.330 e. The van der Waals surface area contributed by atoms with Crippen LogP contribution in [0.15, 0.2) is 0 Å². The molecule has 1 aliphatic rings. The summed E-state index contributed by atoms with van der Waals surface area (Å²) >= 11 is 0. The van der Waals surface area contributed by atoms with Crippen molar-refractivity contribution in [2.45, 2.75) is 72.8 Å². The molecule has 0 bridgehead atoms. The van der Waals surface area contributed by atoms with Crippen LogP contribution in [-0.2, 0) is 12.8 Å². The van der Waals surface area contributed by atoms with Crippen LogP contribution in [0.25, 0.3) is 0 Å². The molecule has 1 heterocycles. The average molecular weight is 292 g/mol. The molecule has 2 N–H and O–H groups in total. The van der Waals surface area contributed by atoms with Crippen LogP contribution in [0.4, 0.5) is 0 Å². The third kappa shape index (κ3) is 3.47. The van der Waals surface area contributed by atoms with Crippen LogP contribution in [0.2, 0.25) is 0 Å². The first-order valence-corrected chi connectivity index (χ1v) is 8.55. The van der Waals surface area contributed by atoms with E-state index in [1.54, 1.807) is 0 Å². The number of hydrogen-bond acceptors (Lipinski definition) is 3. The van der Waals surface area contributed by atoms with Gasteiger partial charge in [0.2, 0.25) is 0 Å². The fourth-order valence-corrected chi connectivity index (χ4v) is 3.63. The number of nitrogens with zero attached hydrogens (tertiary/aromatic N) is 3. The van der Waals surface area contributed by atoms with Gasteiger partial charge in [-0.2, -0.15) is 5.10 Å². The largest absolute Gasteiger partial charge is 0.330 e. The fourth-order valence-electron chi connectivity index (χ4n) is 3.63. The first kappa shape index (κ1) is 16.5. The van der Waals surface area contributed by atoms with Gasteiger partial charge in [-0.15, -0.1) is 0 Å². The summed E-state index contributed by atoms with van der Waals surface area (Å²) in [4.78, 5) is 4.69. The van der Waals surface area contributed by atoms with Crippen LogP contribution in [0.1, 0.15) is 71.6 Å². The van der Waals surface area contributed by atoms with Crippen LogP contribution in [0.3, 0.4) is 0 Å². The van der Waals surface area contributed by atoms with Crippen molar-refractivity contribution in [1.29, 1.82) is 0 Å². The zero-order chi connectivity index (χ0) is 15.6. The molecule has 0 saturated heterocycles. The van der Waals surface area contributed by atoms with Gasteiger partial charge in [0, 0.05) is 12.8 Å². The molecule has 4 heteroatoms. The predicted molar refractivity (Wildman–Crippen MR) is 87.2 cm³/mol. The quantitative estimate of drug-likeness (QED) is 0.925. The van der Waals surface area contributed by atoms with Crippen molar-refractivity contribution in [1.82, 2.24) is 14.8 Å². The van der Waals surface area contributed by atoms with E-state index in [-0.39, 0.29) is 0 Å². The summed E-state index contributed by atoms with van der Waals surface area (Å²) in [5.74, 6) is 3.38. The molecule has 0 radical (unpaired) electrons. The van der Waals surface area contributed by atoms with E-state index in [1.165, 1.54) is 19.3 Å². The monoisotopic (exact) mass is 292 g/mol. The lowest BCUT2D eigenvalue weighted by Crippen LogP contribution is -2.37. The maximum atomic E-state index is 6.05. The van der Waals surface area contributed by atoms with Crippen molar-refractivity contribution >= 4 is 0 Å². The van der Waals surface area contributed by atoms with Gasteiger partial charge >= 0.3 is 0 Å². The van der Waals surface area contributed by atoms with Gasteiger partial charge in [0.1, 0.15) is 5.82 Å². The van der Waals surface area contributed by atoms with Gasteiger partial charge in [-0.25, -0.2) is 9.67 Å². The van der Waals surface area contributed by atoms with Crippen molar-refractivity contribution in [3.8, 4) is 0 Å². The van der Waals surface area contributed by atoms with Crippen molar-refractivity contribution in [2.24, 2.45) is 23.0 Å². The summed E-state index contributed by atoms with van der Waals surface area (Å²) in [5.41, 5.74) is 6.41. The highest BCUT2D eigenvalue weighted by Crippen LogP contribution is 2.44. The molecule has 4 nitrogen and oxygen atoms in total. The molecule has 3 unspecified atom stereocenters. The van der Waals surface area contributed by atoms with Gasteiger partial charge in [0.25, 0.3) is 0 Å². The molecule has 0 spiro atoms. The molecule has 2 rings (SSSR count). The predicted octanol–water partition coefficient (Wildman–Crippen LogP) is 3.37. The van der Waals surface area contributed by atoms with Gasteiger partial charge in [-0.05, 0) is 43.1 Å². The minimum atomic E-state index is 0.359. The smallest absolute Gasteiger partial charge is 0.150 e. The van der Waals surface area contributed by atoms with Gasteiger partial charge in [0.05, 0.1) is 6.04 Å². The normalized spacial score (nSPS) is 27.0. The molecule has 120 valence electrons. The van der Waals surface area contributed by atoms with Crippen molar-refractivity contribution in [3.05, 3.63) is 11.6 Å². The van der Waals surface area contributed by atoms with Crippen LogP contribution in [0.5, 0.6) is 0 Å². The van der Waals surface area contributed by atoms with E-state index in [0.717, 1.165) is 37.0 Å². The molecule has 0 aromatic carbocycles. The van der Waals surface area contributed by atoms with Gasteiger partial charge in [0.15, 0.2) is 5.82 Å². The Morgan fingerprint density at radius 3 is 2.43 bits per heavy atom. The van der Waals surface area contributed by atoms with E-state index < -0.39 is 0 Å². The Balaban J connectivity index is 2.30. The molecular weight excluding hydrogens is 260 g/mol. The Hall–Kier alpha value is -0.900. The van der Waals surface area contributed by atoms with E-state index in [1.807, 2.05) is 0 Å². The summed E-state index contributed by atoms with van der Waals surface area (Å²) in [5, 5.41) is 4.79. The first-order chi connectivity index (χ1) is 9.90. The lowest BCUT2D eigenvalue weighted by Gasteiger charge is -2.41. The highest BCUT2D eigenvalue weighted by molar-refractivity contribution is 4.98. The summed E-state index contributed by atoms with van der Waals surface area (Å²) < 4.78 is 2.22. The van der Waals surface area contributed by atoms with Crippen LogP contribution in [-0.4, -0.2) is 21.3 Å². The zero-order valence-electron chi connectivity index (χ0n) is 14.4. The molecule has 1 aromatic rings. The summed E-state index contributed by atoms with van der Waals surface area (Å²) in [6.07, 6.45) is 5.54. The Kier molecular flexibility index (Phi) is 5.07. The topological polar surface area (TPSA) is 56.7 Å². The Labute approximate surface area is 129 Å². The third-order valence-electron chi connectivity index (χ3n) is 5.18. The van der Waals surface area contributed by atoms with Gasteiger partial charge in [-0.3, -0.25) is 0 Å². The van der Waals surface area contributed by atoms with E-state index in [0.29, 0.717) is 17.4 Å². The average Bonchev–Trinajstić information content (AvgIpc) is 2.88. The zero-order valence-corrected chi connectivity index (χ0v) is 14.4. The first-order valence-electron chi connectivity index (χ1n) is 8.55. The van der Waals surface area contributed by atoms with E-state index in [2.05, 4.69) is 44.3 Å². The van der Waals surface area contributed by atoms with Gasteiger partial charge < -0.3 is 5.73 Å². The van der Waals surface area contributed by atoms with Gasteiger partial charge in [-0.1, -0.05) is 34.6 Å². The second kappa shape index (κ2) is 6.47. The summed E-state index contributed by atoms with van der Waals surface area (Å²) in [6.45, 7) is 12.1. The molecule has 3 atom stereocenters. The van der Waals surface area contributed by atoms with Crippen molar-refractivity contribution in [3.63, 3.8) is 0 Å². The maximum absolute atomic E-state index is 6.05. The molecule has 21 heavy (non-hydrogen) atoms. The number of hydrogen-bond donors (Lipinski definition) is 1. The van der Waals surface area contributed by atoms with Crippen LogP contribution in [0, 0.1) is 17.3 Å². The number of aromatic nitrogens is 3. The molecule has 0 aliphatic heterocycles. The van der Waals surface area contributed by atoms with E-state index in [4.69, 9.17) is 10.8 Å². The number of aryl methyl sites for hydroxylation is 2. The van der Waals surface area contributed by atoms with E-state index in [9.17, 15) is 0 Å². The number of nitrogens with two attached hydrogens (primary N) is 1. The molecule has 1 aliphatic carbocycles. The lowest BCUT2D eigenvalue weighted by molar-refractivity contribution is 0.0977. The van der Waals surface area contributed by atoms with Crippen LogP contribution < -0.4 is 5.73 Å². The molecule has 1 aromatic heterocycles. The highest BCUT2D eigenvalue weighted by atomic mass is 15.4. The second-order valence-corrected chi connectivity index (χ2v) is 7.54. The standard InChI is InChI=1S/C17H32N4/c1-6-15-19-16(7-2)21(20-15)14-10-13(17(3,4)5)9-8-12(14)11-18/h12-14H,6-11,18H2,1-5H3. The Bertz CT molecular complexity index is 458. The van der Waals surface area contributed by atoms with Crippen molar-refractivity contribution < 1.29 is 0 Å².